The van der Waals surface area contributed by atoms with E-state index >= 15 is 0 Å². The van der Waals surface area contributed by atoms with Crippen LogP contribution in [-0.2, 0) is 20.1 Å². The quantitative estimate of drug-likeness (QED) is 0.505. The molecule has 31 heavy (non-hydrogen) atoms. The van der Waals surface area contributed by atoms with Gasteiger partial charge in [-0.3, -0.25) is 18.7 Å². The molecule has 8 heteroatoms. The molecule has 158 valence electrons. The molecule has 0 aliphatic heterocycles. The van der Waals surface area contributed by atoms with Crippen molar-refractivity contribution in [2.75, 3.05) is 7.11 Å². The van der Waals surface area contributed by atoms with Gasteiger partial charge in [-0.05, 0) is 29.3 Å². The van der Waals surface area contributed by atoms with E-state index in [0.29, 0.717) is 27.4 Å². The van der Waals surface area contributed by atoms with Gasteiger partial charge >= 0.3 is 5.69 Å². The first kappa shape index (κ1) is 20.6. The minimum Gasteiger partial charge on any atom is -0.497 e. The number of aromatic nitrogens is 2. The summed E-state index contributed by atoms with van der Waals surface area (Å²) in [6.07, 6.45) is 0. The molecule has 0 atom stereocenters. The lowest BCUT2D eigenvalue weighted by Gasteiger charge is -2.08. The molecule has 0 saturated carbocycles. The second-order valence-electron chi connectivity index (χ2n) is 7.08. The summed E-state index contributed by atoms with van der Waals surface area (Å²) in [6, 6.07) is 18.3. The average molecular weight is 436 g/mol. The summed E-state index contributed by atoms with van der Waals surface area (Å²) in [5.41, 5.74) is 0.940. The van der Waals surface area contributed by atoms with Crippen LogP contribution in [0.2, 0.25) is 0 Å². The molecule has 0 bridgehead atoms. The topological polar surface area (TPSA) is 82.3 Å². The third kappa shape index (κ3) is 4.15. The zero-order chi connectivity index (χ0) is 22.0. The van der Waals surface area contributed by atoms with E-state index in [4.69, 9.17) is 4.74 Å². The smallest absolute Gasteiger partial charge is 0.332 e. The number of carbonyl (C=O) groups excluding carboxylic acids is 1. The van der Waals surface area contributed by atoms with Crippen LogP contribution in [0.3, 0.4) is 0 Å². The van der Waals surface area contributed by atoms with E-state index in [9.17, 15) is 14.4 Å². The molecule has 0 radical (unpaired) electrons. The Balaban J connectivity index is 1.63. The van der Waals surface area contributed by atoms with Gasteiger partial charge in [-0.15, -0.1) is 11.3 Å². The summed E-state index contributed by atoms with van der Waals surface area (Å²) in [4.78, 5) is 39.3. The summed E-state index contributed by atoms with van der Waals surface area (Å²) >= 11 is 1.13. The molecule has 4 rings (SSSR count). The fourth-order valence-corrected chi connectivity index (χ4v) is 4.37. The Morgan fingerprint density at radius 1 is 1.03 bits per heavy atom. The van der Waals surface area contributed by atoms with Crippen molar-refractivity contribution in [2.24, 2.45) is 7.05 Å². The van der Waals surface area contributed by atoms with E-state index in [0.717, 1.165) is 22.5 Å². The van der Waals surface area contributed by atoms with Crippen LogP contribution < -0.4 is 21.3 Å². The summed E-state index contributed by atoms with van der Waals surface area (Å²) in [5.74, 6) is 0.410. The number of nitrogens with zero attached hydrogens (tertiary/aromatic N) is 2. The van der Waals surface area contributed by atoms with Crippen molar-refractivity contribution in [2.45, 2.75) is 13.1 Å². The number of rotatable bonds is 6. The Hall–Kier alpha value is -3.65. The first-order valence-corrected chi connectivity index (χ1v) is 10.5. The highest BCUT2D eigenvalue weighted by Gasteiger charge is 2.18. The zero-order valence-electron chi connectivity index (χ0n) is 17.1. The van der Waals surface area contributed by atoms with E-state index in [1.807, 2.05) is 54.6 Å². The summed E-state index contributed by atoms with van der Waals surface area (Å²) < 4.78 is 7.81. The van der Waals surface area contributed by atoms with Crippen LogP contribution in [-0.4, -0.2) is 22.2 Å². The van der Waals surface area contributed by atoms with Gasteiger partial charge in [0.15, 0.2) is 0 Å². The minimum atomic E-state index is -0.411. The number of aryl methyl sites for hydroxylation is 1. The van der Waals surface area contributed by atoms with E-state index in [1.54, 1.807) is 20.2 Å². The number of fused-ring (bicyclic) bond motifs is 1. The van der Waals surface area contributed by atoms with Crippen LogP contribution >= 0.6 is 11.3 Å². The Morgan fingerprint density at radius 3 is 2.52 bits per heavy atom. The van der Waals surface area contributed by atoms with Gasteiger partial charge in [0, 0.05) is 13.6 Å². The van der Waals surface area contributed by atoms with Gasteiger partial charge in [0.05, 0.1) is 23.9 Å². The largest absolute Gasteiger partial charge is 0.497 e. The molecule has 0 aliphatic carbocycles. The minimum absolute atomic E-state index is 0.176. The van der Waals surface area contributed by atoms with Gasteiger partial charge in [-0.25, -0.2) is 4.79 Å². The Bertz CT molecular complexity index is 1370. The third-order valence-electron chi connectivity index (χ3n) is 5.01. The van der Waals surface area contributed by atoms with Crippen LogP contribution in [0.4, 0.5) is 0 Å². The van der Waals surface area contributed by atoms with Crippen molar-refractivity contribution in [3.05, 3.63) is 97.5 Å². The van der Waals surface area contributed by atoms with Crippen LogP contribution in [0.5, 0.6) is 5.75 Å². The predicted octanol–water partition coefficient (Wildman–Crippen LogP) is 2.75. The highest BCUT2D eigenvalue weighted by molar-refractivity contribution is 7.20. The summed E-state index contributed by atoms with van der Waals surface area (Å²) in [6.45, 7) is 0.497. The average Bonchev–Trinajstić information content (AvgIpc) is 3.26. The molecule has 0 spiro atoms. The lowest BCUT2D eigenvalue weighted by Crippen LogP contribution is -2.38. The van der Waals surface area contributed by atoms with Crippen molar-refractivity contribution in [3.8, 4) is 5.75 Å². The summed E-state index contributed by atoms with van der Waals surface area (Å²) in [5, 5.41) is 3.21. The van der Waals surface area contributed by atoms with Crippen LogP contribution in [0.1, 0.15) is 20.8 Å². The molecule has 1 amide bonds. The molecule has 4 aromatic rings. The van der Waals surface area contributed by atoms with Gasteiger partial charge in [0.1, 0.15) is 10.6 Å². The van der Waals surface area contributed by atoms with Crippen LogP contribution in [0.25, 0.3) is 10.2 Å². The fourth-order valence-electron chi connectivity index (χ4n) is 3.35. The highest BCUT2D eigenvalue weighted by atomic mass is 32.1. The maximum atomic E-state index is 13.0. The van der Waals surface area contributed by atoms with Gasteiger partial charge in [-0.2, -0.15) is 0 Å². The van der Waals surface area contributed by atoms with E-state index in [2.05, 4.69) is 5.32 Å². The summed E-state index contributed by atoms with van der Waals surface area (Å²) in [7, 11) is 3.20. The molecular formula is C23H21N3O4S. The van der Waals surface area contributed by atoms with Crippen molar-refractivity contribution in [1.29, 1.82) is 0 Å². The highest BCUT2D eigenvalue weighted by Crippen LogP contribution is 2.22. The first-order chi connectivity index (χ1) is 15.0. The van der Waals surface area contributed by atoms with Crippen LogP contribution in [0, 0.1) is 0 Å². The van der Waals surface area contributed by atoms with Gasteiger partial charge in [0.2, 0.25) is 0 Å². The van der Waals surface area contributed by atoms with Gasteiger partial charge in [0.25, 0.3) is 11.5 Å². The first-order valence-electron chi connectivity index (χ1n) is 9.66. The van der Waals surface area contributed by atoms with Crippen LogP contribution in [0.15, 0.2) is 70.3 Å². The maximum absolute atomic E-state index is 13.0. The Morgan fingerprint density at radius 2 is 1.77 bits per heavy atom. The molecular weight excluding hydrogens is 414 g/mol. The van der Waals surface area contributed by atoms with E-state index < -0.39 is 11.2 Å². The molecule has 0 unspecified atom stereocenters. The number of methoxy groups -OCH3 is 1. The number of amides is 1. The molecule has 7 nitrogen and oxygen atoms in total. The standard InChI is InChI=1S/C23H21N3O4S/c1-25-22-18(21(28)26(23(25)29)14-15-7-4-3-5-8-15)12-19(31-22)20(27)24-13-16-9-6-10-17(11-16)30-2/h3-12H,13-14H2,1-2H3,(H,24,27). The fraction of sp³-hybridized carbons (Fsp3) is 0.174. The van der Waals surface area contributed by atoms with Crippen molar-refractivity contribution in [3.63, 3.8) is 0 Å². The van der Waals surface area contributed by atoms with Crippen molar-refractivity contribution in [1.82, 2.24) is 14.5 Å². The van der Waals surface area contributed by atoms with Crippen molar-refractivity contribution < 1.29 is 9.53 Å². The lowest BCUT2D eigenvalue weighted by molar-refractivity contribution is 0.0955. The van der Waals surface area contributed by atoms with E-state index in [-0.39, 0.29) is 12.5 Å². The monoisotopic (exact) mass is 435 g/mol. The normalized spacial score (nSPS) is 10.9. The second kappa shape index (κ2) is 8.61. The number of hydrogen-bond acceptors (Lipinski definition) is 5. The van der Waals surface area contributed by atoms with Gasteiger partial charge in [-0.1, -0.05) is 42.5 Å². The lowest BCUT2D eigenvalue weighted by atomic mass is 10.2. The Kier molecular flexibility index (Phi) is 5.73. The second-order valence-corrected chi connectivity index (χ2v) is 8.11. The third-order valence-corrected chi connectivity index (χ3v) is 6.22. The molecule has 2 aromatic carbocycles. The Labute approximate surface area is 182 Å². The number of benzene rings is 2. The molecule has 2 aromatic heterocycles. The SMILES string of the molecule is COc1cccc(CNC(=O)c2cc3c(=O)n(Cc4ccccc4)c(=O)n(C)c3s2)c1. The molecule has 2 heterocycles. The number of hydrogen-bond donors (Lipinski definition) is 1. The number of nitrogens with one attached hydrogen (secondary N) is 1. The number of thiophene rings is 1. The maximum Gasteiger partial charge on any atom is 0.332 e. The number of carbonyl (C=O) groups is 1. The zero-order valence-corrected chi connectivity index (χ0v) is 17.9. The predicted molar refractivity (Wildman–Crippen MR) is 121 cm³/mol. The van der Waals surface area contributed by atoms with Gasteiger partial charge < -0.3 is 10.1 Å². The molecule has 0 aliphatic rings. The van der Waals surface area contributed by atoms with E-state index in [1.165, 1.54) is 9.13 Å². The van der Waals surface area contributed by atoms with Crippen molar-refractivity contribution >= 4 is 27.5 Å². The number of ether oxygens (including phenoxy) is 1. The molecule has 0 fully saturated rings. The molecule has 1 N–H and O–H groups in total. The molecule has 0 saturated heterocycles.